The van der Waals surface area contributed by atoms with Crippen LogP contribution in [0.3, 0.4) is 0 Å². The third-order valence-electron chi connectivity index (χ3n) is 3.11. The fourth-order valence-electron chi connectivity index (χ4n) is 2.12. The SMILES string of the molecule is Nc1cccc2ncc(N3CCC(=O)NC3=O)cc12. The van der Waals surface area contributed by atoms with Crippen molar-refractivity contribution in [2.75, 3.05) is 17.2 Å². The van der Waals surface area contributed by atoms with E-state index in [2.05, 4.69) is 10.3 Å². The van der Waals surface area contributed by atoms with Crippen LogP contribution in [0.1, 0.15) is 6.42 Å². The Morgan fingerprint density at radius 1 is 1.32 bits per heavy atom. The molecule has 0 unspecified atom stereocenters. The van der Waals surface area contributed by atoms with E-state index in [1.807, 2.05) is 18.2 Å². The van der Waals surface area contributed by atoms with Gasteiger partial charge in [-0.1, -0.05) is 6.07 Å². The highest BCUT2D eigenvalue weighted by Gasteiger charge is 2.24. The lowest BCUT2D eigenvalue weighted by Crippen LogP contribution is -2.49. The van der Waals surface area contributed by atoms with Crippen molar-refractivity contribution < 1.29 is 9.59 Å². The maximum atomic E-state index is 11.8. The average molecular weight is 256 g/mol. The largest absolute Gasteiger partial charge is 0.398 e. The number of nitrogens with one attached hydrogen (secondary N) is 1. The van der Waals surface area contributed by atoms with Crippen LogP contribution in [0, 0.1) is 0 Å². The van der Waals surface area contributed by atoms with Crippen LogP contribution in [0.15, 0.2) is 30.5 Å². The maximum Gasteiger partial charge on any atom is 0.328 e. The van der Waals surface area contributed by atoms with Crippen molar-refractivity contribution in [2.24, 2.45) is 0 Å². The van der Waals surface area contributed by atoms with Gasteiger partial charge >= 0.3 is 6.03 Å². The maximum absolute atomic E-state index is 11.8. The Bertz CT molecular complexity index is 683. The van der Waals surface area contributed by atoms with Gasteiger partial charge in [-0.05, 0) is 18.2 Å². The number of hydrogen-bond acceptors (Lipinski definition) is 4. The smallest absolute Gasteiger partial charge is 0.328 e. The summed E-state index contributed by atoms with van der Waals surface area (Å²) in [6.45, 7) is 0.352. The van der Waals surface area contributed by atoms with E-state index in [4.69, 9.17) is 5.73 Å². The molecule has 2 aromatic rings. The molecule has 0 aliphatic carbocycles. The summed E-state index contributed by atoms with van der Waals surface area (Å²) in [4.78, 5) is 28.7. The number of amides is 3. The summed E-state index contributed by atoms with van der Waals surface area (Å²) < 4.78 is 0. The minimum absolute atomic E-state index is 0.255. The number of carbonyl (C=O) groups is 2. The number of imide groups is 1. The molecule has 19 heavy (non-hydrogen) atoms. The van der Waals surface area contributed by atoms with Crippen molar-refractivity contribution in [1.29, 1.82) is 0 Å². The minimum Gasteiger partial charge on any atom is -0.398 e. The third-order valence-corrected chi connectivity index (χ3v) is 3.11. The first-order valence-electron chi connectivity index (χ1n) is 5.91. The zero-order valence-corrected chi connectivity index (χ0v) is 10.1. The van der Waals surface area contributed by atoms with Gasteiger partial charge in [0.2, 0.25) is 5.91 Å². The first-order valence-corrected chi connectivity index (χ1v) is 5.91. The lowest BCUT2D eigenvalue weighted by molar-refractivity contribution is -0.120. The van der Waals surface area contributed by atoms with Crippen LogP contribution in [-0.2, 0) is 4.79 Å². The van der Waals surface area contributed by atoms with Gasteiger partial charge in [0.15, 0.2) is 0 Å². The third kappa shape index (κ3) is 1.97. The molecular weight excluding hydrogens is 244 g/mol. The Morgan fingerprint density at radius 3 is 2.95 bits per heavy atom. The molecule has 1 aliphatic heterocycles. The second kappa shape index (κ2) is 4.24. The van der Waals surface area contributed by atoms with Gasteiger partial charge in [0.25, 0.3) is 0 Å². The van der Waals surface area contributed by atoms with Crippen molar-refractivity contribution in [1.82, 2.24) is 10.3 Å². The lowest BCUT2D eigenvalue weighted by Gasteiger charge is -2.26. The molecule has 0 saturated carbocycles. The average Bonchev–Trinajstić information content (AvgIpc) is 2.39. The number of nitrogen functional groups attached to an aromatic ring is 1. The van der Waals surface area contributed by atoms with Crippen molar-refractivity contribution in [2.45, 2.75) is 6.42 Å². The monoisotopic (exact) mass is 256 g/mol. The van der Waals surface area contributed by atoms with E-state index in [1.54, 1.807) is 12.3 Å². The number of nitrogens with two attached hydrogens (primary N) is 1. The number of pyridine rings is 1. The van der Waals surface area contributed by atoms with Gasteiger partial charge in [0.05, 0.1) is 17.4 Å². The van der Waals surface area contributed by atoms with Crippen LogP contribution in [0.2, 0.25) is 0 Å². The Morgan fingerprint density at radius 2 is 2.16 bits per heavy atom. The molecule has 6 heteroatoms. The summed E-state index contributed by atoms with van der Waals surface area (Å²) in [7, 11) is 0. The van der Waals surface area contributed by atoms with E-state index in [-0.39, 0.29) is 12.3 Å². The molecule has 2 heterocycles. The molecule has 1 aromatic carbocycles. The quantitative estimate of drug-likeness (QED) is 0.752. The van der Waals surface area contributed by atoms with Crippen LogP contribution in [0.25, 0.3) is 10.9 Å². The Kier molecular flexibility index (Phi) is 2.56. The van der Waals surface area contributed by atoms with E-state index in [1.165, 1.54) is 4.90 Å². The molecule has 3 amide bonds. The summed E-state index contributed by atoms with van der Waals surface area (Å²) >= 11 is 0. The number of urea groups is 1. The molecule has 1 aliphatic rings. The molecule has 1 fully saturated rings. The van der Waals surface area contributed by atoms with Crippen LogP contribution in [0.4, 0.5) is 16.2 Å². The summed E-state index contributed by atoms with van der Waals surface area (Å²) in [6.07, 6.45) is 1.89. The van der Waals surface area contributed by atoms with Gasteiger partial charge in [-0.25, -0.2) is 4.79 Å². The molecule has 0 atom stereocenters. The highest BCUT2D eigenvalue weighted by atomic mass is 16.2. The van der Waals surface area contributed by atoms with Crippen molar-refractivity contribution in [3.63, 3.8) is 0 Å². The molecule has 1 saturated heterocycles. The highest BCUT2D eigenvalue weighted by Crippen LogP contribution is 2.25. The molecule has 1 aromatic heterocycles. The first kappa shape index (κ1) is 11.5. The molecule has 6 nitrogen and oxygen atoms in total. The standard InChI is InChI=1S/C13H12N4O2/c14-10-2-1-3-11-9(10)6-8(7-15-11)17-5-4-12(18)16-13(17)19/h1-3,6-7H,4-5,14H2,(H,16,18,19). The van der Waals surface area contributed by atoms with E-state index in [9.17, 15) is 9.59 Å². The van der Waals surface area contributed by atoms with E-state index >= 15 is 0 Å². The first-order chi connectivity index (χ1) is 9.15. The molecule has 0 spiro atoms. The Hall–Kier alpha value is -2.63. The molecule has 96 valence electrons. The van der Waals surface area contributed by atoms with Crippen LogP contribution < -0.4 is 16.0 Å². The number of fused-ring (bicyclic) bond motifs is 1. The van der Waals surface area contributed by atoms with Gasteiger partial charge in [-0.15, -0.1) is 0 Å². The highest BCUT2D eigenvalue weighted by molar-refractivity contribution is 6.06. The van der Waals surface area contributed by atoms with Gasteiger partial charge in [-0.2, -0.15) is 0 Å². The van der Waals surface area contributed by atoms with Gasteiger partial charge in [0.1, 0.15) is 0 Å². The predicted molar refractivity (Wildman–Crippen MR) is 71.7 cm³/mol. The Labute approximate surface area is 109 Å². The zero-order valence-electron chi connectivity index (χ0n) is 10.1. The molecule has 3 N–H and O–H groups in total. The lowest BCUT2D eigenvalue weighted by atomic mass is 10.1. The molecule has 0 radical (unpaired) electrons. The zero-order chi connectivity index (χ0) is 13.4. The van der Waals surface area contributed by atoms with E-state index in [0.717, 1.165) is 10.9 Å². The number of hydrogen-bond donors (Lipinski definition) is 2. The van der Waals surface area contributed by atoms with Crippen LogP contribution in [-0.4, -0.2) is 23.5 Å². The number of carbonyl (C=O) groups excluding carboxylic acids is 2. The summed E-state index contributed by atoms with van der Waals surface area (Å²) in [5.74, 6) is -0.255. The molecular formula is C13H12N4O2. The second-order valence-electron chi connectivity index (χ2n) is 4.36. The van der Waals surface area contributed by atoms with Crippen LogP contribution in [0.5, 0.6) is 0 Å². The number of aromatic nitrogens is 1. The van der Waals surface area contributed by atoms with E-state index < -0.39 is 6.03 Å². The fraction of sp³-hybridized carbons (Fsp3) is 0.154. The number of benzene rings is 1. The van der Waals surface area contributed by atoms with Crippen molar-refractivity contribution >= 4 is 34.2 Å². The molecule has 0 bridgehead atoms. The summed E-state index contributed by atoms with van der Waals surface area (Å²) in [5.41, 5.74) is 7.92. The number of nitrogens with zero attached hydrogens (tertiary/aromatic N) is 2. The predicted octanol–water partition coefficient (Wildman–Crippen LogP) is 1.26. The fourth-order valence-corrected chi connectivity index (χ4v) is 2.12. The van der Waals surface area contributed by atoms with Gasteiger partial charge in [-0.3, -0.25) is 20.0 Å². The Balaban J connectivity index is 2.04. The summed E-state index contributed by atoms with van der Waals surface area (Å²) in [5, 5.41) is 3.08. The van der Waals surface area contributed by atoms with Crippen molar-refractivity contribution in [3.8, 4) is 0 Å². The normalized spacial score (nSPS) is 15.7. The molecule has 3 rings (SSSR count). The topological polar surface area (TPSA) is 88.3 Å². The second-order valence-corrected chi connectivity index (χ2v) is 4.36. The van der Waals surface area contributed by atoms with Gasteiger partial charge in [0, 0.05) is 24.0 Å². The number of rotatable bonds is 1. The van der Waals surface area contributed by atoms with E-state index in [0.29, 0.717) is 17.9 Å². The number of anilines is 2. The van der Waals surface area contributed by atoms with Gasteiger partial charge < -0.3 is 5.73 Å². The van der Waals surface area contributed by atoms with Crippen molar-refractivity contribution in [3.05, 3.63) is 30.5 Å². The van der Waals surface area contributed by atoms with Crippen LogP contribution >= 0.6 is 0 Å². The summed E-state index contributed by atoms with van der Waals surface area (Å²) in [6, 6.07) is 6.86. The minimum atomic E-state index is -0.424.